The van der Waals surface area contributed by atoms with E-state index in [1.54, 1.807) is 13.2 Å². The first-order valence-corrected chi connectivity index (χ1v) is 5.95. The standard InChI is InChI=1S/C12H18N4O2/c1-18-8-3-2-7(6-8)15-12-9(13)4-5-10(16-12)11(14)17/h4-5,7-8H,2-3,6,13H2,1H3,(H2,14,17)(H,15,16). The van der Waals surface area contributed by atoms with Gasteiger partial charge in [-0.2, -0.15) is 0 Å². The number of anilines is 2. The van der Waals surface area contributed by atoms with Gasteiger partial charge in [-0.3, -0.25) is 4.79 Å². The van der Waals surface area contributed by atoms with Gasteiger partial charge in [-0.25, -0.2) is 4.98 Å². The fourth-order valence-electron chi connectivity index (χ4n) is 2.20. The highest BCUT2D eigenvalue weighted by Crippen LogP contribution is 2.26. The summed E-state index contributed by atoms with van der Waals surface area (Å²) in [6, 6.07) is 3.43. The van der Waals surface area contributed by atoms with Crippen LogP contribution in [0.15, 0.2) is 12.1 Å². The lowest BCUT2D eigenvalue weighted by atomic mass is 10.2. The molecule has 0 aliphatic heterocycles. The molecule has 1 aliphatic rings. The van der Waals surface area contributed by atoms with Gasteiger partial charge in [0.2, 0.25) is 0 Å². The summed E-state index contributed by atoms with van der Waals surface area (Å²) in [5, 5.41) is 3.24. The van der Waals surface area contributed by atoms with Crippen LogP contribution in [0.5, 0.6) is 0 Å². The molecule has 2 rings (SSSR count). The molecule has 1 aromatic heterocycles. The van der Waals surface area contributed by atoms with E-state index in [0.29, 0.717) is 11.5 Å². The average molecular weight is 250 g/mol. The Morgan fingerprint density at radius 2 is 2.28 bits per heavy atom. The van der Waals surface area contributed by atoms with Crippen LogP contribution in [0.1, 0.15) is 29.8 Å². The number of carbonyl (C=O) groups is 1. The van der Waals surface area contributed by atoms with Crippen LogP contribution < -0.4 is 16.8 Å². The summed E-state index contributed by atoms with van der Waals surface area (Å²) in [7, 11) is 1.72. The Bertz CT molecular complexity index is 450. The minimum absolute atomic E-state index is 0.216. The Kier molecular flexibility index (Phi) is 3.66. The minimum Gasteiger partial charge on any atom is -0.396 e. The maximum atomic E-state index is 11.1. The quantitative estimate of drug-likeness (QED) is 0.731. The van der Waals surface area contributed by atoms with Crippen molar-refractivity contribution in [1.29, 1.82) is 0 Å². The van der Waals surface area contributed by atoms with E-state index in [0.717, 1.165) is 19.3 Å². The lowest BCUT2D eigenvalue weighted by molar-refractivity contribution is 0.0995. The van der Waals surface area contributed by atoms with Crippen LogP contribution in [0.25, 0.3) is 0 Å². The molecule has 1 aliphatic carbocycles. The zero-order valence-electron chi connectivity index (χ0n) is 10.3. The van der Waals surface area contributed by atoms with Gasteiger partial charge in [0.1, 0.15) is 11.5 Å². The third-order valence-electron chi connectivity index (χ3n) is 3.24. The number of nitrogens with two attached hydrogens (primary N) is 2. The predicted molar refractivity (Wildman–Crippen MR) is 69.2 cm³/mol. The molecular weight excluding hydrogens is 232 g/mol. The van der Waals surface area contributed by atoms with Gasteiger partial charge in [-0.1, -0.05) is 0 Å². The Hall–Kier alpha value is -1.82. The molecule has 1 amide bonds. The highest BCUT2D eigenvalue weighted by atomic mass is 16.5. The van der Waals surface area contributed by atoms with Crippen molar-refractivity contribution in [3.63, 3.8) is 0 Å². The van der Waals surface area contributed by atoms with Gasteiger partial charge in [-0.05, 0) is 31.4 Å². The van der Waals surface area contributed by atoms with E-state index in [-0.39, 0.29) is 17.8 Å². The number of nitrogen functional groups attached to an aromatic ring is 1. The Balaban J connectivity index is 2.09. The molecule has 1 aromatic rings. The normalized spacial score (nSPS) is 22.9. The smallest absolute Gasteiger partial charge is 0.267 e. The van der Waals surface area contributed by atoms with Gasteiger partial charge < -0.3 is 21.5 Å². The Morgan fingerprint density at radius 1 is 1.50 bits per heavy atom. The van der Waals surface area contributed by atoms with Crippen LogP contribution in [0, 0.1) is 0 Å². The summed E-state index contributed by atoms with van der Waals surface area (Å²) in [5.41, 5.74) is 11.8. The van der Waals surface area contributed by atoms with E-state index in [2.05, 4.69) is 10.3 Å². The van der Waals surface area contributed by atoms with Crippen LogP contribution >= 0.6 is 0 Å². The second-order valence-corrected chi connectivity index (χ2v) is 4.51. The molecule has 6 nitrogen and oxygen atoms in total. The van der Waals surface area contributed by atoms with Crippen molar-refractivity contribution in [1.82, 2.24) is 4.98 Å². The van der Waals surface area contributed by atoms with Crippen molar-refractivity contribution < 1.29 is 9.53 Å². The topological polar surface area (TPSA) is 103 Å². The summed E-state index contributed by atoms with van der Waals surface area (Å²) in [4.78, 5) is 15.2. The number of carbonyl (C=O) groups excluding carboxylic acids is 1. The minimum atomic E-state index is -0.556. The maximum absolute atomic E-state index is 11.1. The number of pyridine rings is 1. The van der Waals surface area contributed by atoms with E-state index in [1.165, 1.54) is 6.07 Å². The summed E-state index contributed by atoms with van der Waals surface area (Å²) in [6.07, 6.45) is 3.21. The number of hydrogen-bond acceptors (Lipinski definition) is 5. The largest absolute Gasteiger partial charge is 0.396 e. The molecule has 18 heavy (non-hydrogen) atoms. The summed E-state index contributed by atoms with van der Waals surface area (Å²) in [6.45, 7) is 0. The zero-order valence-corrected chi connectivity index (χ0v) is 10.3. The molecule has 1 fully saturated rings. The second-order valence-electron chi connectivity index (χ2n) is 4.51. The number of methoxy groups -OCH3 is 1. The van der Waals surface area contributed by atoms with Crippen LogP contribution in [0.4, 0.5) is 11.5 Å². The highest BCUT2D eigenvalue weighted by Gasteiger charge is 2.25. The van der Waals surface area contributed by atoms with Crippen LogP contribution in [0.2, 0.25) is 0 Å². The number of primary amides is 1. The van der Waals surface area contributed by atoms with Crippen LogP contribution in [0.3, 0.4) is 0 Å². The van der Waals surface area contributed by atoms with Crippen molar-refractivity contribution >= 4 is 17.4 Å². The summed E-state index contributed by atoms with van der Waals surface area (Å²) < 4.78 is 5.31. The van der Waals surface area contributed by atoms with Gasteiger partial charge >= 0.3 is 0 Å². The van der Waals surface area contributed by atoms with Gasteiger partial charge in [-0.15, -0.1) is 0 Å². The highest BCUT2D eigenvalue weighted by molar-refractivity contribution is 5.91. The first kappa shape index (κ1) is 12.6. The number of nitrogens with one attached hydrogen (secondary N) is 1. The molecular formula is C12H18N4O2. The summed E-state index contributed by atoms with van der Waals surface area (Å²) >= 11 is 0. The average Bonchev–Trinajstić information content (AvgIpc) is 2.79. The molecule has 0 bridgehead atoms. The molecule has 98 valence electrons. The Labute approximate surface area is 106 Å². The molecule has 0 saturated heterocycles. The van der Waals surface area contributed by atoms with E-state index in [1.807, 2.05) is 0 Å². The molecule has 0 aromatic carbocycles. The van der Waals surface area contributed by atoms with Gasteiger partial charge in [0.25, 0.3) is 5.91 Å². The molecule has 6 heteroatoms. The number of nitrogens with zero attached hydrogens (tertiary/aromatic N) is 1. The maximum Gasteiger partial charge on any atom is 0.267 e. The lowest BCUT2D eigenvalue weighted by Gasteiger charge is -2.15. The van der Waals surface area contributed by atoms with E-state index in [9.17, 15) is 4.79 Å². The lowest BCUT2D eigenvalue weighted by Crippen LogP contribution is -2.21. The fraction of sp³-hybridized carbons (Fsp3) is 0.500. The first-order valence-electron chi connectivity index (χ1n) is 5.95. The van der Waals surface area contributed by atoms with Crippen molar-refractivity contribution in [2.75, 3.05) is 18.2 Å². The molecule has 2 unspecified atom stereocenters. The number of rotatable bonds is 4. The molecule has 0 radical (unpaired) electrons. The van der Waals surface area contributed by atoms with E-state index >= 15 is 0 Å². The second kappa shape index (κ2) is 5.22. The predicted octanol–water partition coefficient (Wildman–Crippen LogP) is 0.742. The van der Waals surface area contributed by atoms with Crippen molar-refractivity contribution in [3.8, 4) is 0 Å². The SMILES string of the molecule is COC1CCC(Nc2nc(C(N)=O)ccc2N)C1. The molecule has 5 N–H and O–H groups in total. The summed E-state index contributed by atoms with van der Waals surface area (Å²) in [5.74, 6) is -0.0349. The molecule has 1 saturated carbocycles. The molecule has 1 heterocycles. The van der Waals surface area contributed by atoms with Crippen LogP contribution in [-0.2, 0) is 4.74 Å². The van der Waals surface area contributed by atoms with E-state index < -0.39 is 5.91 Å². The van der Waals surface area contributed by atoms with Crippen LogP contribution in [-0.4, -0.2) is 30.1 Å². The fourth-order valence-corrected chi connectivity index (χ4v) is 2.20. The first-order chi connectivity index (χ1) is 8.60. The van der Waals surface area contributed by atoms with Gasteiger partial charge in [0, 0.05) is 13.2 Å². The molecule has 0 spiro atoms. The third kappa shape index (κ3) is 2.70. The number of hydrogen-bond donors (Lipinski definition) is 3. The number of ether oxygens (including phenoxy) is 1. The van der Waals surface area contributed by atoms with Gasteiger partial charge in [0.05, 0.1) is 11.8 Å². The number of amides is 1. The number of aromatic nitrogens is 1. The van der Waals surface area contributed by atoms with E-state index in [4.69, 9.17) is 16.2 Å². The molecule has 2 atom stereocenters. The third-order valence-corrected chi connectivity index (χ3v) is 3.24. The Morgan fingerprint density at radius 3 is 2.89 bits per heavy atom. The van der Waals surface area contributed by atoms with Crippen molar-refractivity contribution in [3.05, 3.63) is 17.8 Å². The monoisotopic (exact) mass is 250 g/mol. The van der Waals surface area contributed by atoms with Crippen molar-refractivity contribution in [2.24, 2.45) is 5.73 Å². The van der Waals surface area contributed by atoms with Gasteiger partial charge in [0.15, 0.2) is 0 Å². The van der Waals surface area contributed by atoms with Crippen molar-refractivity contribution in [2.45, 2.75) is 31.4 Å². The zero-order chi connectivity index (χ0) is 13.1.